The number of benzene rings is 2. The molecule has 0 atom stereocenters. The normalized spacial score (nSPS) is 11.9. The van der Waals surface area contributed by atoms with E-state index in [1.807, 2.05) is 64.1 Å². The number of rotatable bonds is 6. The topological polar surface area (TPSA) is 66.5 Å². The molecule has 0 saturated heterocycles. The molecule has 0 aliphatic rings. The Bertz CT molecular complexity index is 915. The molecule has 27 heavy (non-hydrogen) atoms. The number of hydrogen-bond acceptors (Lipinski definition) is 3. The van der Waals surface area contributed by atoms with Crippen LogP contribution in [0.25, 0.3) is 0 Å². The van der Waals surface area contributed by atoms with Crippen LogP contribution in [0.2, 0.25) is 0 Å². The van der Waals surface area contributed by atoms with E-state index in [0.717, 1.165) is 22.9 Å². The number of para-hydroxylation sites is 1. The number of carbonyl (C=O) groups is 1. The van der Waals surface area contributed by atoms with Crippen LogP contribution < -0.4 is 9.62 Å². The Kier molecular flexibility index (Phi) is 6.31. The zero-order chi connectivity index (χ0) is 20.2. The van der Waals surface area contributed by atoms with Crippen LogP contribution in [0.1, 0.15) is 37.5 Å². The van der Waals surface area contributed by atoms with Gasteiger partial charge < -0.3 is 5.32 Å². The summed E-state index contributed by atoms with van der Waals surface area (Å²) in [6.07, 6.45) is 1.13. The second-order valence-electron chi connectivity index (χ2n) is 7.74. The van der Waals surface area contributed by atoms with Gasteiger partial charge in [0.05, 0.1) is 11.9 Å². The van der Waals surface area contributed by atoms with E-state index in [2.05, 4.69) is 5.32 Å². The van der Waals surface area contributed by atoms with Crippen LogP contribution in [0, 0.1) is 6.92 Å². The second kappa shape index (κ2) is 8.13. The lowest BCUT2D eigenvalue weighted by Gasteiger charge is -2.29. The molecule has 0 unspecified atom stereocenters. The Morgan fingerprint density at radius 3 is 2.22 bits per heavy atom. The van der Waals surface area contributed by atoms with Gasteiger partial charge in [-0.05, 0) is 35.1 Å². The van der Waals surface area contributed by atoms with Gasteiger partial charge in [0.25, 0.3) is 0 Å². The zero-order valence-corrected chi connectivity index (χ0v) is 17.4. The molecule has 5 nitrogen and oxygen atoms in total. The summed E-state index contributed by atoms with van der Waals surface area (Å²) in [7, 11) is -3.61. The van der Waals surface area contributed by atoms with Gasteiger partial charge in [0, 0.05) is 6.54 Å². The third kappa shape index (κ3) is 5.57. The maximum atomic E-state index is 12.5. The Morgan fingerprint density at radius 2 is 1.63 bits per heavy atom. The molecular formula is C21H28N2O3S. The first-order chi connectivity index (χ1) is 12.5. The summed E-state index contributed by atoms with van der Waals surface area (Å²) in [6, 6.07) is 15.1. The van der Waals surface area contributed by atoms with Crippen LogP contribution in [0.4, 0.5) is 5.69 Å². The van der Waals surface area contributed by atoms with Gasteiger partial charge in [-0.25, -0.2) is 8.42 Å². The van der Waals surface area contributed by atoms with Crippen molar-refractivity contribution in [3.63, 3.8) is 0 Å². The number of hydrogen-bond donors (Lipinski definition) is 1. The van der Waals surface area contributed by atoms with Crippen LogP contribution in [0.5, 0.6) is 0 Å². The van der Waals surface area contributed by atoms with Gasteiger partial charge in [-0.15, -0.1) is 0 Å². The Morgan fingerprint density at radius 1 is 1.04 bits per heavy atom. The number of amides is 1. The predicted octanol–water partition coefficient (Wildman–Crippen LogP) is 3.37. The molecule has 0 bridgehead atoms. The lowest BCUT2D eigenvalue weighted by atomic mass is 9.86. The molecule has 2 rings (SSSR count). The smallest absolute Gasteiger partial charge is 0.241 e. The van der Waals surface area contributed by atoms with Gasteiger partial charge in [-0.1, -0.05) is 63.2 Å². The van der Waals surface area contributed by atoms with Crippen molar-refractivity contribution in [3.8, 4) is 0 Å². The van der Waals surface area contributed by atoms with Crippen molar-refractivity contribution in [2.75, 3.05) is 17.1 Å². The average Bonchev–Trinajstić information content (AvgIpc) is 2.57. The van der Waals surface area contributed by atoms with E-state index in [4.69, 9.17) is 0 Å². The summed E-state index contributed by atoms with van der Waals surface area (Å²) in [4.78, 5) is 12.5. The van der Waals surface area contributed by atoms with E-state index in [1.54, 1.807) is 12.1 Å². The summed E-state index contributed by atoms with van der Waals surface area (Å²) < 4.78 is 26.0. The van der Waals surface area contributed by atoms with E-state index in [0.29, 0.717) is 12.2 Å². The van der Waals surface area contributed by atoms with E-state index >= 15 is 0 Å². The van der Waals surface area contributed by atoms with E-state index in [9.17, 15) is 13.2 Å². The summed E-state index contributed by atoms with van der Waals surface area (Å²) >= 11 is 0. The maximum absolute atomic E-state index is 12.5. The Hall–Kier alpha value is -2.34. The number of nitrogens with zero attached hydrogens (tertiary/aromatic N) is 1. The minimum absolute atomic E-state index is 0.252. The van der Waals surface area contributed by atoms with Crippen molar-refractivity contribution in [2.24, 2.45) is 0 Å². The summed E-state index contributed by atoms with van der Waals surface area (Å²) in [6.45, 7) is 8.14. The van der Waals surface area contributed by atoms with Crippen molar-refractivity contribution in [2.45, 2.75) is 39.7 Å². The Balaban J connectivity index is 2.24. The molecule has 2 aromatic rings. The van der Waals surface area contributed by atoms with Crippen molar-refractivity contribution in [1.29, 1.82) is 0 Å². The molecular weight excluding hydrogens is 360 g/mol. The highest BCUT2D eigenvalue weighted by atomic mass is 32.2. The molecule has 0 radical (unpaired) electrons. The minimum atomic E-state index is -3.61. The van der Waals surface area contributed by atoms with E-state index in [1.165, 1.54) is 4.31 Å². The van der Waals surface area contributed by atoms with Gasteiger partial charge in [-0.3, -0.25) is 9.10 Å². The third-order valence-corrected chi connectivity index (χ3v) is 5.53. The van der Waals surface area contributed by atoms with Crippen LogP contribution in [0.3, 0.4) is 0 Å². The molecule has 0 aliphatic heterocycles. The van der Waals surface area contributed by atoms with Crippen molar-refractivity contribution in [1.82, 2.24) is 5.32 Å². The highest BCUT2D eigenvalue weighted by Gasteiger charge is 2.27. The molecule has 0 aliphatic carbocycles. The molecule has 146 valence electrons. The molecule has 0 spiro atoms. The van der Waals surface area contributed by atoms with Crippen LogP contribution in [-0.4, -0.2) is 27.1 Å². The van der Waals surface area contributed by atoms with Gasteiger partial charge in [0.2, 0.25) is 15.9 Å². The first-order valence-electron chi connectivity index (χ1n) is 8.88. The largest absolute Gasteiger partial charge is 0.350 e. The fourth-order valence-electron chi connectivity index (χ4n) is 2.89. The Labute approximate surface area is 162 Å². The van der Waals surface area contributed by atoms with Gasteiger partial charge >= 0.3 is 0 Å². The summed E-state index contributed by atoms with van der Waals surface area (Å²) in [5.41, 5.74) is 3.25. The van der Waals surface area contributed by atoms with Crippen LogP contribution in [0.15, 0.2) is 48.5 Å². The SMILES string of the molecule is Cc1ccccc1CNC(=O)CN(c1ccccc1C(C)(C)C)S(C)(=O)=O. The average molecular weight is 389 g/mol. The highest BCUT2D eigenvalue weighted by Crippen LogP contribution is 2.32. The first-order valence-corrected chi connectivity index (χ1v) is 10.7. The van der Waals surface area contributed by atoms with E-state index < -0.39 is 10.0 Å². The summed E-state index contributed by atoms with van der Waals surface area (Å²) in [5.74, 6) is -0.340. The number of sulfonamides is 1. The molecule has 1 N–H and O–H groups in total. The van der Waals surface area contributed by atoms with Gasteiger partial charge in [0.1, 0.15) is 6.54 Å². The molecule has 0 fully saturated rings. The lowest BCUT2D eigenvalue weighted by Crippen LogP contribution is -2.41. The third-order valence-electron chi connectivity index (χ3n) is 4.41. The van der Waals surface area contributed by atoms with Crippen molar-refractivity contribution < 1.29 is 13.2 Å². The fraction of sp³-hybridized carbons (Fsp3) is 0.381. The molecule has 0 aromatic heterocycles. The van der Waals surface area contributed by atoms with Gasteiger partial charge in [-0.2, -0.15) is 0 Å². The minimum Gasteiger partial charge on any atom is -0.350 e. The zero-order valence-electron chi connectivity index (χ0n) is 16.6. The maximum Gasteiger partial charge on any atom is 0.241 e. The molecule has 0 heterocycles. The number of nitrogens with one attached hydrogen (secondary N) is 1. The van der Waals surface area contributed by atoms with E-state index in [-0.39, 0.29) is 17.9 Å². The quantitative estimate of drug-likeness (QED) is 0.825. The number of carbonyl (C=O) groups excluding carboxylic acids is 1. The van der Waals surface area contributed by atoms with Crippen LogP contribution in [-0.2, 0) is 26.8 Å². The van der Waals surface area contributed by atoms with Gasteiger partial charge in [0.15, 0.2) is 0 Å². The van der Waals surface area contributed by atoms with Crippen LogP contribution >= 0.6 is 0 Å². The first kappa shape index (κ1) is 21.0. The number of anilines is 1. The fourth-order valence-corrected chi connectivity index (χ4v) is 3.76. The van der Waals surface area contributed by atoms with Crippen molar-refractivity contribution in [3.05, 3.63) is 65.2 Å². The lowest BCUT2D eigenvalue weighted by molar-refractivity contribution is -0.119. The monoisotopic (exact) mass is 388 g/mol. The highest BCUT2D eigenvalue weighted by molar-refractivity contribution is 7.92. The second-order valence-corrected chi connectivity index (χ2v) is 9.65. The molecule has 1 amide bonds. The molecule has 6 heteroatoms. The summed E-state index contributed by atoms with van der Waals surface area (Å²) in [5, 5.41) is 2.83. The van der Waals surface area contributed by atoms with Crippen molar-refractivity contribution >= 4 is 21.6 Å². The molecule has 2 aromatic carbocycles. The number of aryl methyl sites for hydroxylation is 1. The standard InChI is InChI=1S/C21H28N2O3S/c1-16-10-6-7-11-17(16)14-22-20(24)15-23(27(5,25)26)19-13-9-8-12-18(19)21(2,3)4/h6-13H,14-15H2,1-5H3,(H,22,24). The molecule has 0 saturated carbocycles. The predicted molar refractivity (Wildman–Crippen MR) is 110 cm³/mol.